The van der Waals surface area contributed by atoms with Gasteiger partial charge in [0, 0.05) is 6.20 Å². The van der Waals surface area contributed by atoms with Gasteiger partial charge in [-0.25, -0.2) is 18.2 Å². The van der Waals surface area contributed by atoms with Gasteiger partial charge in [-0.15, -0.1) is 11.3 Å². The van der Waals surface area contributed by atoms with Crippen molar-refractivity contribution in [2.75, 3.05) is 4.72 Å². The molecule has 2 heterocycles. The summed E-state index contributed by atoms with van der Waals surface area (Å²) in [5.74, 6) is -1.12. The van der Waals surface area contributed by atoms with Crippen LogP contribution in [0.5, 0.6) is 0 Å². The van der Waals surface area contributed by atoms with E-state index in [1.807, 2.05) is 6.92 Å². The number of carboxylic acids is 1. The number of rotatable bonds is 4. The van der Waals surface area contributed by atoms with Crippen LogP contribution < -0.4 is 4.72 Å². The van der Waals surface area contributed by atoms with Crippen molar-refractivity contribution in [1.82, 2.24) is 4.98 Å². The molecule has 2 rings (SSSR count). The van der Waals surface area contributed by atoms with Crippen molar-refractivity contribution < 1.29 is 18.3 Å². The van der Waals surface area contributed by atoms with Crippen LogP contribution in [0.15, 0.2) is 34.7 Å². The van der Waals surface area contributed by atoms with Crippen LogP contribution in [0.4, 0.5) is 5.82 Å². The third-order valence-corrected chi connectivity index (χ3v) is 4.69. The van der Waals surface area contributed by atoms with Gasteiger partial charge >= 0.3 is 5.97 Å². The molecule has 0 atom stereocenters. The van der Waals surface area contributed by atoms with Gasteiger partial charge in [-0.05, 0) is 30.0 Å². The van der Waals surface area contributed by atoms with Gasteiger partial charge in [-0.2, -0.15) is 0 Å². The molecule has 0 amide bonds. The summed E-state index contributed by atoms with van der Waals surface area (Å²) in [7, 11) is -3.94. The molecule has 0 aliphatic heterocycles. The van der Waals surface area contributed by atoms with Gasteiger partial charge in [0.1, 0.15) is 15.6 Å². The molecule has 0 radical (unpaired) electrons. The van der Waals surface area contributed by atoms with Gasteiger partial charge in [0.25, 0.3) is 10.0 Å². The molecule has 0 aliphatic carbocycles. The normalized spacial score (nSPS) is 11.2. The highest BCUT2D eigenvalue weighted by Crippen LogP contribution is 2.23. The molecule has 0 bridgehead atoms. The number of carboxylic acid groups (broad SMARTS) is 1. The Morgan fingerprint density at radius 2 is 2.11 bits per heavy atom. The lowest BCUT2D eigenvalue weighted by Gasteiger charge is -2.06. The van der Waals surface area contributed by atoms with Crippen LogP contribution in [0.25, 0.3) is 0 Å². The lowest BCUT2D eigenvalue weighted by atomic mass is 10.3. The predicted molar refractivity (Wildman–Crippen MR) is 71.1 cm³/mol. The second kappa shape index (κ2) is 4.98. The Labute approximate surface area is 113 Å². The maximum absolute atomic E-state index is 12.1. The molecule has 0 aromatic carbocycles. The molecule has 0 saturated carbocycles. The fourth-order valence-electron chi connectivity index (χ4n) is 1.39. The fourth-order valence-corrected chi connectivity index (χ4v) is 3.66. The van der Waals surface area contributed by atoms with E-state index in [-0.39, 0.29) is 15.6 Å². The molecule has 19 heavy (non-hydrogen) atoms. The first-order valence-corrected chi connectivity index (χ1v) is 7.53. The van der Waals surface area contributed by atoms with Gasteiger partial charge in [0.05, 0.1) is 0 Å². The number of anilines is 1. The summed E-state index contributed by atoms with van der Waals surface area (Å²) < 4.78 is 26.4. The number of aromatic carboxylic acids is 1. The molecule has 0 saturated heterocycles. The quantitative estimate of drug-likeness (QED) is 0.899. The number of aryl methyl sites for hydroxylation is 1. The number of nitrogens with one attached hydrogen (secondary N) is 1. The molecule has 8 heteroatoms. The van der Waals surface area contributed by atoms with E-state index in [1.165, 1.54) is 23.7 Å². The average Bonchev–Trinajstić information content (AvgIpc) is 2.82. The van der Waals surface area contributed by atoms with Gasteiger partial charge in [0.2, 0.25) is 0 Å². The highest BCUT2D eigenvalue weighted by molar-refractivity contribution is 7.93. The lowest BCUT2D eigenvalue weighted by Crippen LogP contribution is -2.15. The summed E-state index contributed by atoms with van der Waals surface area (Å²) >= 11 is 0.858. The van der Waals surface area contributed by atoms with E-state index in [2.05, 4.69) is 9.71 Å². The van der Waals surface area contributed by atoms with E-state index in [0.29, 0.717) is 0 Å². The van der Waals surface area contributed by atoms with E-state index in [4.69, 9.17) is 5.11 Å². The molecular weight excluding hydrogens is 288 g/mol. The maximum Gasteiger partial charge on any atom is 0.347 e. The third kappa shape index (κ3) is 2.91. The van der Waals surface area contributed by atoms with Crippen molar-refractivity contribution in [3.8, 4) is 0 Å². The number of hydrogen-bond donors (Lipinski definition) is 2. The number of nitrogens with zero attached hydrogens (tertiary/aromatic N) is 1. The zero-order valence-corrected chi connectivity index (χ0v) is 11.5. The van der Waals surface area contributed by atoms with Crippen molar-refractivity contribution in [3.63, 3.8) is 0 Å². The van der Waals surface area contributed by atoms with Crippen LogP contribution in [-0.4, -0.2) is 24.5 Å². The number of thiophene rings is 1. The molecule has 0 unspecified atom stereocenters. The molecule has 100 valence electrons. The second-order valence-corrected chi connectivity index (χ2v) is 6.31. The molecule has 0 aliphatic rings. The monoisotopic (exact) mass is 298 g/mol. The van der Waals surface area contributed by atoms with Gasteiger partial charge in [-0.3, -0.25) is 4.72 Å². The predicted octanol–water partition coefficient (Wildman–Crippen LogP) is 1.95. The standard InChI is InChI=1S/C11H10N2O4S2/c1-7-2-3-9(12-6-7)13-19(16,17)8-4-5-18-10(8)11(14)15/h2-6H,1H3,(H,12,13)(H,14,15). The third-order valence-electron chi connectivity index (χ3n) is 2.26. The summed E-state index contributed by atoms with van der Waals surface area (Å²) in [5.41, 5.74) is 0.893. The molecule has 2 aromatic rings. The van der Waals surface area contributed by atoms with Crippen LogP contribution in [0, 0.1) is 6.92 Å². The maximum atomic E-state index is 12.1. The lowest BCUT2D eigenvalue weighted by molar-refractivity contribution is 0.0698. The van der Waals surface area contributed by atoms with Crippen LogP contribution >= 0.6 is 11.3 Å². The molecular formula is C11H10N2O4S2. The second-order valence-electron chi connectivity index (χ2n) is 3.75. The summed E-state index contributed by atoms with van der Waals surface area (Å²) in [6.07, 6.45) is 1.52. The van der Waals surface area contributed by atoms with E-state index >= 15 is 0 Å². The van der Waals surface area contributed by atoms with Crippen molar-refractivity contribution in [3.05, 3.63) is 40.2 Å². The minimum absolute atomic E-state index is 0.146. The van der Waals surface area contributed by atoms with Gasteiger partial charge in [-0.1, -0.05) is 6.07 Å². The number of hydrogen-bond acceptors (Lipinski definition) is 5. The molecule has 0 spiro atoms. The first kappa shape index (κ1) is 13.5. The van der Waals surface area contributed by atoms with Crippen LogP contribution in [0.2, 0.25) is 0 Å². The first-order valence-electron chi connectivity index (χ1n) is 5.16. The summed E-state index contributed by atoms with van der Waals surface area (Å²) in [6.45, 7) is 1.83. The van der Waals surface area contributed by atoms with E-state index in [9.17, 15) is 13.2 Å². The summed E-state index contributed by atoms with van der Waals surface area (Å²) in [4.78, 5) is 14.4. The van der Waals surface area contributed by atoms with E-state index < -0.39 is 16.0 Å². The largest absolute Gasteiger partial charge is 0.477 e. The number of pyridine rings is 1. The van der Waals surface area contributed by atoms with Crippen molar-refractivity contribution in [2.24, 2.45) is 0 Å². The Balaban J connectivity index is 2.35. The van der Waals surface area contributed by atoms with Crippen molar-refractivity contribution in [1.29, 1.82) is 0 Å². The van der Waals surface area contributed by atoms with Crippen molar-refractivity contribution >= 4 is 33.1 Å². The number of carbonyl (C=O) groups is 1. The van der Waals surface area contributed by atoms with Crippen LogP contribution in [0.1, 0.15) is 15.2 Å². The topological polar surface area (TPSA) is 96.4 Å². The zero-order valence-electron chi connectivity index (χ0n) is 9.82. The Hall–Kier alpha value is -1.93. The van der Waals surface area contributed by atoms with Crippen LogP contribution in [-0.2, 0) is 10.0 Å². The SMILES string of the molecule is Cc1ccc(NS(=O)(=O)c2ccsc2C(=O)O)nc1. The van der Waals surface area contributed by atoms with Gasteiger partial charge < -0.3 is 5.11 Å². The fraction of sp³-hybridized carbons (Fsp3) is 0.0909. The Kier molecular flexibility index (Phi) is 3.54. The molecule has 0 fully saturated rings. The Morgan fingerprint density at radius 3 is 2.68 bits per heavy atom. The Bertz CT molecular complexity index is 705. The molecule has 2 aromatic heterocycles. The smallest absolute Gasteiger partial charge is 0.347 e. The molecule has 2 N–H and O–H groups in total. The first-order chi connectivity index (χ1) is 8.90. The zero-order chi connectivity index (χ0) is 14.0. The summed E-state index contributed by atoms with van der Waals surface area (Å²) in [6, 6.07) is 4.47. The van der Waals surface area contributed by atoms with Crippen LogP contribution in [0.3, 0.4) is 0 Å². The number of sulfonamides is 1. The minimum Gasteiger partial charge on any atom is -0.477 e. The highest BCUT2D eigenvalue weighted by atomic mass is 32.2. The Morgan fingerprint density at radius 1 is 1.37 bits per heavy atom. The molecule has 6 nitrogen and oxygen atoms in total. The van der Waals surface area contributed by atoms with Gasteiger partial charge in [0.15, 0.2) is 0 Å². The summed E-state index contributed by atoms with van der Waals surface area (Å²) in [5, 5.41) is 10.3. The van der Waals surface area contributed by atoms with E-state index in [0.717, 1.165) is 16.9 Å². The average molecular weight is 298 g/mol. The highest BCUT2D eigenvalue weighted by Gasteiger charge is 2.24. The number of aromatic nitrogens is 1. The van der Waals surface area contributed by atoms with E-state index in [1.54, 1.807) is 6.07 Å². The van der Waals surface area contributed by atoms with Crippen molar-refractivity contribution in [2.45, 2.75) is 11.8 Å². The minimum atomic E-state index is -3.94.